The Kier molecular flexibility index (Phi) is 6.18. The van der Waals surface area contributed by atoms with Gasteiger partial charge in [-0.3, -0.25) is 5.32 Å². The molecule has 0 radical (unpaired) electrons. The minimum atomic E-state index is -0.175. The summed E-state index contributed by atoms with van der Waals surface area (Å²) in [5.74, 6) is 1.04. The second-order valence-corrected chi connectivity index (χ2v) is 9.04. The van der Waals surface area contributed by atoms with Gasteiger partial charge in [0, 0.05) is 15.7 Å². The molecule has 0 aliphatic carbocycles. The van der Waals surface area contributed by atoms with Crippen molar-refractivity contribution in [3.63, 3.8) is 0 Å². The van der Waals surface area contributed by atoms with Crippen molar-refractivity contribution in [3.05, 3.63) is 97.9 Å². The van der Waals surface area contributed by atoms with Gasteiger partial charge < -0.3 is 15.2 Å². The predicted molar refractivity (Wildman–Crippen MR) is 127 cm³/mol. The highest BCUT2D eigenvalue weighted by Gasteiger charge is 2.26. The molecule has 0 spiro atoms. The van der Waals surface area contributed by atoms with Crippen LogP contribution in [0.15, 0.2) is 75.7 Å². The average Bonchev–Trinajstić information content (AvgIpc) is 2.75. The van der Waals surface area contributed by atoms with E-state index >= 15 is 0 Å². The van der Waals surface area contributed by atoms with Gasteiger partial charge >= 0.3 is 0 Å². The zero-order valence-electron chi connectivity index (χ0n) is 16.6. The molecule has 4 nitrogen and oxygen atoms in total. The van der Waals surface area contributed by atoms with E-state index in [2.05, 4.69) is 79.8 Å². The normalized spacial score (nSPS) is 18.5. The van der Waals surface area contributed by atoms with E-state index in [4.69, 9.17) is 4.74 Å². The van der Waals surface area contributed by atoms with Gasteiger partial charge in [-0.15, -0.1) is 0 Å². The van der Waals surface area contributed by atoms with E-state index in [1.807, 2.05) is 30.3 Å². The van der Waals surface area contributed by atoms with Gasteiger partial charge in [-0.1, -0.05) is 51.8 Å². The van der Waals surface area contributed by atoms with Gasteiger partial charge in [-0.25, -0.2) is 0 Å². The molecule has 1 aliphatic heterocycles. The molecule has 6 heteroatoms. The minimum Gasteiger partial charge on any atom is -0.508 e. The third-order valence-electron chi connectivity index (χ3n) is 5.18. The van der Waals surface area contributed by atoms with Gasteiger partial charge in [-0.05, 0) is 70.4 Å². The van der Waals surface area contributed by atoms with Crippen molar-refractivity contribution in [2.24, 2.45) is 0 Å². The molecule has 0 aromatic heterocycles. The summed E-state index contributed by atoms with van der Waals surface area (Å²) in [7, 11) is 1.65. The predicted octanol–water partition coefficient (Wildman–Crippen LogP) is 6.21. The van der Waals surface area contributed by atoms with Crippen LogP contribution < -0.4 is 15.4 Å². The zero-order chi connectivity index (χ0) is 21.3. The van der Waals surface area contributed by atoms with E-state index in [0.29, 0.717) is 0 Å². The minimum absolute atomic E-state index is 0.156. The Morgan fingerprint density at radius 1 is 0.967 bits per heavy atom. The van der Waals surface area contributed by atoms with Crippen molar-refractivity contribution in [2.75, 3.05) is 7.11 Å². The van der Waals surface area contributed by atoms with Crippen LogP contribution in [0.5, 0.6) is 11.5 Å². The van der Waals surface area contributed by atoms with Crippen LogP contribution >= 0.6 is 31.9 Å². The first-order valence-corrected chi connectivity index (χ1v) is 11.2. The summed E-state index contributed by atoms with van der Waals surface area (Å²) < 4.78 is 7.18. The highest BCUT2D eigenvalue weighted by atomic mass is 79.9. The number of halogens is 2. The first kappa shape index (κ1) is 21.0. The standard InChI is InChI=1S/C24H22Br2N2O2/c1-14-3-5-15(6-4-14)20-13-21(18-12-17(25)8-9-22(18)29)28-24(27-20)16-7-10-23(30-2)19(26)11-16/h3-13,21,24,27-29H,1-2H3. The lowest BCUT2D eigenvalue weighted by Gasteiger charge is -2.33. The number of phenolic OH excluding ortho intramolecular Hbond substituents is 1. The highest BCUT2D eigenvalue weighted by molar-refractivity contribution is 9.10. The summed E-state index contributed by atoms with van der Waals surface area (Å²) in [5.41, 5.74) is 5.19. The van der Waals surface area contributed by atoms with Gasteiger partial charge in [0.2, 0.25) is 0 Å². The Bertz CT molecular complexity index is 1100. The summed E-state index contributed by atoms with van der Waals surface area (Å²) >= 11 is 7.10. The maximum absolute atomic E-state index is 10.5. The van der Waals surface area contributed by atoms with Crippen molar-refractivity contribution in [1.29, 1.82) is 0 Å². The number of aromatic hydroxyl groups is 1. The molecular formula is C24H22Br2N2O2. The Morgan fingerprint density at radius 2 is 1.73 bits per heavy atom. The number of aryl methyl sites for hydroxylation is 1. The molecule has 0 saturated heterocycles. The summed E-state index contributed by atoms with van der Waals surface area (Å²) in [6, 6.07) is 19.8. The number of ether oxygens (including phenoxy) is 1. The molecule has 2 atom stereocenters. The molecule has 2 unspecified atom stereocenters. The number of hydrogen-bond donors (Lipinski definition) is 3. The quantitative estimate of drug-likeness (QED) is 0.376. The van der Waals surface area contributed by atoms with Crippen molar-refractivity contribution < 1.29 is 9.84 Å². The average molecular weight is 530 g/mol. The van der Waals surface area contributed by atoms with E-state index in [-0.39, 0.29) is 18.0 Å². The Labute approximate surface area is 193 Å². The van der Waals surface area contributed by atoms with Crippen LogP contribution in [0.1, 0.15) is 34.5 Å². The topological polar surface area (TPSA) is 53.5 Å². The van der Waals surface area contributed by atoms with Crippen molar-refractivity contribution in [2.45, 2.75) is 19.1 Å². The highest BCUT2D eigenvalue weighted by Crippen LogP contribution is 2.36. The molecular weight excluding hydrogens is 508 g/mol. The number of nitrogens with one attached hydrogen (secondary N) is 2. The molecule has 0 bridgehead atoms. The van der Waals surface area contributed by atoms with Crippen LogP contribution in [0, 0.1) is 6.92 Å². The maximum atomic E-state index is 10.5. The second kappa shape index (κ2) is 8.84. The van der Waals surface area contributed by atoms with Crippen LogP contribution in [-0.2, 0) is 0 Å². The molecule has 0 saturated carbocycles. The molecule has 1 heterocycles. The number of methoxy groups -OCH3 is 1. The summed E-state index contributed by atoms with van der Waals surface area (Å²) in [6.07, 6.45) is 1.96. The van der Waals surface area contributed by atoms with E-state index in [0.717, 1.165) is 37.1 Å². The summed E-state index contributed by atoms with van der Waals surface area (Å²) in [6.45, 7) is 2.08. The monoisotopic (exact) mass is 528 g/mol. The van der Waals surface area contributed by atoms with Gasteiger partial charge in [0.15, 0.2) is 0 Å². The summed E-state index contributed by atoms with van der Waals surface area (Å²) in [4.78, 5) is 0. The van der Waals surface area contributed by atoms with Crippen LogP contribution in [-0.4, -0.2) is 12.2 Å². The van der Waals surface area contributed by atoms with Crippen LogP contribution in [0.2, 0.25) is 0 Å². The largest absolute Gasteiger partial charge is 0.508 e. The van der Waals surface area contributed by atoms with Gasteiger partial charge in [-0.2, -0.15) is 0 Å². The Morgan fingerprint density at radius 3 is 2.43 bits per heavy atom. The molecule has 154 valence electrons. The fourth-order valence-electron chi connectivity index (χ4n) is 3.55. The van der Waals surface area contributed by atoms with Gasteiger partial charge in [0.1, 0.15) is 17.7 Å². The van der Waals surface area contributed by atoms with Crippen LogP contribution in [0.3, 0.4) is 0 Å². The van der Waals surface area contributed by atoms with Crippen molar-refractivity contribution in [1.82, 2.24) is 10.6 Å². The fourth-order valence-corrected chi connectivity index (χ4v) is 4.49. The Hall–Kier alpha value is -2.28. The number of hydrogen-bond acceptors (Lipinski definition) is 4. The lowest BCUT2D eigenvalue weighted by atomic mass is 9.97. The van der Waals surface area contributed by atoms with Crippen LogP contribution in [0.4, 0.5) is 0 Å². The number of rotatable bonds is 4. The molecule has 3 aromatic rings. The smallest absolute Gasteiger partial charge is 0.133 e. The first-order chi connectivity index (χ1) is 14.4. The molecule has 1 aliphatic rings. The van der Waals surface area contributed by atoms with Crippen LogP contribution in [0.25, 0.3) is 5.70 Å². The van der Waals surface area contributed by atoms with E-state index < -0.39 is 0 Å². The Balaban J connectivity index is 1.77. The molecule has 30 heavy (non-hydrogen) atoms. The molecule has 4 rings (SSSR count). The first-order valence-electron chi connectivity index (χ1n) is 9.58. The number of benzene rings is 3. The van der Waals surface area contributed by atoms with E-state index in [1.165, 1.54) is 5.56 Å². The molecule has 0 fully saturated rings. The lowest BCUT2D eigenvalue weighted by Crippen LogP contribution is -2.39. The van der Waals surface area contributed by atoms with Crippen molar-refractivity contribution >= 4 is 37.6 Å². The van der Waals surface area contributed by atoms with Crippen molar-refractivity contribution in [3.8, 4) is 11.5 Å². The summed E-state index contributed by atoms with van der Waals surface area (Å²) in [5, 5.41) is 17.7. The maximum Gasteiger partial charge on any atom is 0.133 e. The van der Waals surface area contributed by atoms with Gasteiger partial charge in [0.05, 0.1) is 17.6 Å². The third kappa shape index (κ3) is 4.41. The van der Waals surface area contributed by atoms with Gasteiger partial charge in [0.25, 0.3) is 0 Å². The zero-order valence-corrected chi connectivity index (χ0v) is 19.8. The van der Waals surface area contributed by atoms with E-state index in [9.17, 15) is 5.11 Å². The molecule has 3 N–H and O–H groups in total. The molecule has 3 aromatic carbocycles. The van der Waals surface area contributed by atoms with E-state index in [1.54, 1.807) is 13.2 Å². The fraction of sp³-hybridized carbons (Fsp3) is 0.167. The second-order valence-electron chi connectivity index (χ2n) is 7.27. The third-order valence-corrected chi connectivity index (χ3v) is 6.29. The number of phenols is 1. The lowest BCUT2D eigenvalue weighted by molar-refractivity contribution is 0.408. The SMILES string of the molecule is COc1ccc(C2NC(c3ccc(C)cc3)=CC(c3cc(Br)ccc3O)N2)cc1Br. The molecule has 0 amide bonds.